The lowest BCUT2D eigenvalue weighted by Crippen LogP contribution is -2.32. The monoisotopic (exact) mass is 289 g/mol. The molecule has 0 aliphatic carbocycles. The second kappa shape index (κ2) is 7.81. The van der Waals surface area contributed by atoms with Crippen LogP contribution in [-0.4, -0.2) is 40.5 Å². The SMILES string of the molecule is Cc1ccc(OCC(O)CNCCc2nccn2C)cc1. The average molecular weight is 289 g/mol. The number of hydrogen-bond donors (Lipinski definition) is 2. The van der Waals surface area contributed by atoms with Crippen LogP contribution in [0.5, 0.6) is 5.75 Å². The van der Waals surface area contributed by atoms with Gasteiger partial charge in [-0.3, -0.25) is 0 Å². The van der Waals surface area contributed by atoms with Crippen LogP contribution in [0.4, 0.5) is 0 Å². The van der Waals surface area contributed by atoms with Crippen LogP contribution >= 0.6 is 0 Å². The van der Waals surface area contributed by atoms with Crippen molar-refractivity contribution in [2.75, 3.05) is 19.7 Å². The third kappa shape index (κ3) is 5.21. The van der Waals surface area contributed by atoms with Crippen molar-refractivity contribution < 1.29 is 9.84 Å². The van der Waals surface area contributed by atoms with E-state index < -0.39 is 6.10 Å². The number of ether oxygens (including phenoxy) is 1. The van der Waals surface area contributed by atoms with Gasteiger partial charge >= 0.3 is 0 Å². The number of aliphatic hydroxyl groups excluding tert-OH is 1. The molecule has 2 aromatic rings. The molecule has 0 spiro atoms. The standard InChI is InChI=1S/C16H23N3O2/c1-13-3-5-15(6-4-13)21-12-14(20)11-17-8-7-16-18-9-10-19(16)2/h3-6,9-10,14,17,20H,7-8,11-12H2,1-2H3. The van der Waals surface area contributed by atoms with E-state index in [1.807, 2.05) is 49.0 Å². The van der Waals surface area contributed by atoms with Crippen LogP contribution in [0.3, 0.4) is 0 Å². The number of nitrogens with zero attached hydrogens (tertiary/aromatic N) is 2. The summed E-state index contributed by atoms with van der Waals surface area (Å²) < 4.78 is 7.54. The molecule has 114 valence electrons. The van der Waals surface area contributed by atoms with E-state index in [2.05, 4.69) is 10.3 Å². The molecule has 2 N–H and O–H groups in total. The maximum Gasteiger partial charge on any atom is 0.119 e. The quantitative estimate of drug-likeness (QED) is 0.719. The Hall–Kier alpha value is -1.85. The Morgan fingerprint density at radius 3 is 2.76 bits per heavy atom. The highest BCUT2D eigenvalue weighted by molar-refractivity contribution is 5.26. The van der Waals surface area contributed by atoms with Crippen molar-refractivity contribution in [3.8, 4) is 5.75 Å². The molecule has 1 unspecified atom stereocenters. The Morgan fingerprint density at radius 1 is 1.33 bits per heavy atom. The zero-order valence-electron chi connectivity index (χ0n) is 12.6. The molecule has 0 saturated heterocycles. The van der Waals surface area contributed by atoms with E-state index in [0.29, 0.717) is 13.2 Å². The number of nitrogens with one attached hydrogen (secondary N) is 1. The van der Waals surface area contributed by atoms with E-state index in [1.54, 1.807) is 6.20 Å². The van der Waals surface area contributed by atoms with Crippen LogP contribution in [0.2, 0.25) is 0 Å². The highest BCUT2D eigenvalue weighted by Gasteiger charge is 2.05. The van der Waals surface area contributed by atoms with Crippen molar-refractivity contribution in [1.82, 2.24) is 14.9 Å². The van der Waals surface area contributed by atoms with Gasteiger partial charge in [-0.1, -0.05) is 17.7 Å². The summed E-state index contributed by atoms with van der Waals surface area (Å²) >= 11 is 0. The highest BCUT2D eigenvalue weighted by Crippen LogP contribution is 2.11. The molecule has 5 nitrogen and oxygen atoms in total. The van der Waals surface area contributed by atoms with E-state index in [9.17, 15) is 5.11 Å². The summed E-state index contributed by atoms with van der Waals surface area (Å²) in [6.07, 6.45) is 4.04. The lowest BCUT2D eigenvalue weighted by atomic mass is 10.2. The summed E-state index contributed by atoms with van der Waals surface area (Å²) in [4.78, 5) is 4.25. The average Bonchev–Trinajstić information content (AvgIpc) is 2.88. The van der Waals surface area contributed by atoms with Crippen molar-refractivity contribution in [2.45, 2.75) is 19.4 Å². The minimum absolute atomic E-state index is 0.290. The van der Waals surface area contributed by atoms with Gasteiger partial charge in [0.2, 0.25) is 0 Å². The molecule has 0 bridgehead atoms. The van der Waals surface area contributed by atoms with Gasteiger partial charge in [-0.15, -0.1) is 0 Å². The van der Waals surface area contributed by atoms with Gasteiger partial charge in [0.15, 0.2) is 0 Å². The third-order valence-corrected chi connectivity index (χ3v) is 3.29. The number of aliphatic hydroxyl groups is 1. The number of rotatable bonds is 8. The molecule has 0 aliphatic heterocycles. The van der Waals surface area contributed by atoms with E-state index >= 15 is 0 Å². The van der Waals surface area contributed by atoms with Gasteiger partial charge in [0.05, 0.1) is 0 Å². The number of benzene rings is 1. The first-order valence-electron chi connectivity index (χ1n) is 7.19. The zero-order valence-corrected chi connectivity index (χ0v) is 12.6. The first-order chi connectivity index (χ1) is 10.1. The van der Waals surface area contributed by atoms with Crippen molar-refractivity contribution in [3.63, 3.8) is 0 Å². The second-order valence-corrected chi connectivity index (χ2v) is 5.19. The molecule has 21 heavy (non-hydrogen) atoms. The number of aryl methyl sites for hydroxylation is 2. The van der Waals surface area contributed by atoms with Crippen LogP contribution < -0.4 is 10.1 Å². The predicted molar refractivity (Wildman–Crippen MR) is 82.5 cm³/mol. The van der Waals surface area contributed by atoms with Crippen molar-refractivity contribution >= 4 is 0 Å². The lowest BCUT2D eigenvalue weighted by molar-refractivity contribution is 0.106. The fraction of sp³-hybridized carbons (Fsp3) is 0.438. The molecule has 0 saturated carbocycles. The van der Waals surface area contributed by atoms with Crippen LogP contribution in [0.15, 0.2) is 36.7 Å². The molecule has 1 heterocycles. The second-order valence-electron chi connectivity index (χ2n) is 5.19. The first-order valence-corrected chi connectivity index (χ1v) is 7.19. The topological polar surface area (TPSA) is 59.3 Å². The zero-order chi connectivity index (χ0) is 15.1. The van der Waals surface area contributed by atoms with Gasteiger partial charge in [-0.2, -0.15) is 0 Å². The van der Waals surface area contributed by atoms with Gasteiger partial charge < -0.3 is 19.7 Å². The number of imidazole rings is 1. The number of aromatic nitrogens is 2. The van der Waals surface area contributed by atoms with Gasteiger partial charge in [0.1, 0.15) is 24.3 Å². The molecule has 2 rings (SSSR count). The Bertz CT molecular complexity index is 537. The maximum atomic E-state index is 9.87. The fourth-order valence-electron chi connectivity index (χ4n) is 1.99. The molecule has 0 amide bonds. The maximum absolute atomic E-state index is 9.87. The summed E-state index contributed by atoms with van der Waals surface area (Å²) in [6, 6.07) is 7.81. The molecule has 5 heteroatoms. The number of hydrogen-bond acceptors (Lipinski definition) is 4. The Kier molecular flexibility index (Phi) is 5.78. The summed E-state index contributed by atoms with van der Waals surface area (Å²) in [5, 5.41) is 13.1. The van der Waals surface area contributed by atoms with E-state index in [1.165, 1.54) is 5.56 Å². The van der Waals surface area contributed by atoms with Crippen LogP contribution in [0.1, 0.15) is 11.4 Å². The minimum Gasteiger partial charge on any atom is -0.491 e. The predicted octanol–water partition coefficient (Wildman–Crippen LogP) is 1.30. The molecule has 1 aromatic heterocycles. The Labute approximate surface area is 125 Å². The molecule has 0 fully saturated rings. The highest BCUT2D eigenvalue weighted by atomic mass is 16.5. The molecular weight excluding hydrogens is 266 g/mol. The summed E-state index contributed by atoms with van der Waals surface area (Å²) in [5.41, 5.74) is 1.19. The van der Waals surface area contributed by atoms with Gasteiger partial charge in [0.25, 0.3) is 0 Å². The smallest absolute Gasteiger partial charge is 0.119 e. The van der Waals surface area contributed by atoms with E-state index in [0.717, 1.165) is 24.5 Å². The van der Waals surface area contributed by atoms with Gasteiger partial charge in [-0.05, 0) is 19.1 Å². The van der Waals surface area contributed by atoms with E-state index in [-0.39, 0.29) is 0 Å². The summed E-state index contributed by atoms with van der Waals surface area (Å²) in [7, 11) is 1.98. The minimum atomic E-state index is -0.521. The first kappa shape index (κ1) is 15.5. The van der Waals surface area contributed by atoms with E-state index in [4.69, 9.17) is 4.74 Å². The summed E-state index contributed by atoms with van der Waals surface area (Å²) in [5.74, 6) is 1.82. The van der Waals surface area contributed by atoms with Crippen molar-refractivity contribution in [1.29, 1.82) is 0 Å². The molecule has 0 aliphatic rings. The molecule has 1 aromatic carbocycles. The van der Waals surface area contributed by atoms with Crippen LogP contribution in [0.25, 0.3) is 0 Å². The third-order valence-electron chi connectivity index (χ3n) is 3.29. The van der Waals surface area contributed by atoms with Crippen molar-refractivity contribution in [3.05, 3.63) is 48.0 Å². The summed E-state index contributed by atoms with van der Waals surface area (Å²) in [6.45, 7) is 3.62. The van der Waals surface area contributed by atoms with Crippen LogP contribution in [-0.2, 0) is 13.5 Å². The lowest BCUT2D eigenvalue weighted by Gasteiger charge is -2.13. The van der Waals surface area contributed by atoms with Gasteiger partial charge in [-0.25, -0.2) is 4.98 Å². The molecule has 0 radical (unpaired) electrons. The molecule has 1 atom stereocenters. The molecular formula is C16H23N3O2. The Morgan fingerprint density at radius 2 is 2.10 bits per heavy atom. The Balaban J connectivity index is 1.60. The van der Waals surface area contributed by atoms with Crippen molar-refractivity contribution in [2.24, 2.45) is 7.05 Å². The fourth-order valence-corrected chi connectivity index (χ4v) is 1.99. The van der Waals surface area contributed by atoms with Crippen LogP contribution in [0, 0.1) is 6.92 Å². The van der Waals surface area contributed by atoms with Gasteiger partial charge in [0, 0.05) is 39.0 Å². The largest absolute Gasteiger partial charge is 0.491 e. The normalized spacial score (nSPS) is 12.3.